The van der Waals surface area contributed by atoms with Gasteiger partial charge in [-0.2, -0.15) is 0 Å². The minimum Gasteiger partial charge on any atom is -0.332 e. The Morgan fingerprint density at radius 3 is 2.39 bits per heavy atom. The fourth-order valence-corrected chi connectivity index (χ4v) is 2.85. The number of benzene rings is 1. The van der Waals surface area contributed by atoms with E-state index in [9.17, 15) is 4.79 Å². The Morgan fingerprint density at radius 1 is 1.17 bits per heavy atom. The highest BCUT2D eigenvalue weighted by Crippen LogP contribution is 2.34. The molecule has 0 heterocycles. The number of amides is 1. The second kappa shape index (κ2) is 5.85. The fourth-order valence-electron chi connectivity index (χ4n) is 2.85. The zero-order valence-corrected chi connectivity index (χ0v) is 10.8. The molecule has 1 amide bonds. The van der Waals surface area contributed by atoms with Gasteiger partial charge in [-0.3, -0.25) is 4.79 Å². The van der Waals surface area contributed by atoms with E-state index in [1.54, 1.807) is 0 Å². The first kappa shape index (κ1) is 12.9. The van der Waals surface area contributed by atoms with Crippen LogP contribution in [0.15, 0.2) is 43.0 Å². The summed E-state index contributed by atoms with van der Waals surface area (Å²) in [5.74, 6) is 0. The molecule has 1 saturated carbocycles. The number of hydrogen-bond donors (Lipinski definition) is 0. The predicted molar refractivity (Wildman–Crippen MR) is 74.1 cm³/mol. The smallest absolute Gasteiger partial charge is 0.210 e. The molecule has 2 rings (SSSR count). The Balaban J connectivity index is 2.16. The van der Waals surface area contributed by atoms with Gasteiger partial charge in [0.25, 0.3) is 0 Å². The standard InChI is InChI=1S/C16H21NO/c1-2-16(11-7-4-8-12-16)17(14-18)13-15-9-5-3-6-10-15/h2-3,5-6,9-10,14H,1,4,7-8,11-13H2. The highest BCUT2D eigenvalue weighted by atomic mass is 16.1. The van der Waals surface area contributed by atoms with Gasteiger partial charge in [0.2, 0.25) is 6.41 Å². The monoisotopic (exact) mass is 243 g/mol. The fraction of sp³-hybridized carbons (Fsp3) is 0.438. The third-order valence-corrected chi connectivity index (χ3v) is 3.99. The first-order chi connectivity index (χ1) is 8.80. The predicted octanol–water partition coefficient (Wildman–Crippen LogP) is 3.53. The summed E-state index contributed by atoms with van der Waals surface area (Å²) in [6, 6.07) is 10.2. The Bertz CT molecular complexity index is 393. The maximum atomic E-state index is 11.5. The van der Waals surface area contributed by atoms with E-state index in [1.807, 2.05) is 29.2 Å². The average molecular weight is 243 g/mol. The van der Waals surface area contributed by atoms with Gasteiger partial charge in [-0.25, -0.2) is 0 Å². The van der Waals surface area contributed by atoms with Crippen LogP contribution in [0.1, 0.15) is 37.7 Å². The van der Waals surface area contributed by atoms with Gasteiger partial charge in [-0.15, -0.1) is 6.58 Å². The van der Waals surface area contributed by atoms with E-state index in [0.717, 1.165) is 19.3 Å². The van der Waals surface area contributed by atoms with Gasteiger partial charge in [0.05, 0.1) is 5.54 Å². The third kappa shape index (κ3) is 2.63. The van der Waals surface area contributed by atoms with Crippen molar-refractivity contribution in [2.75, 3.05) is 0 Å². The molecule has 0 unspecified atom stereocenters. The van der Waals surface area contributed by atoms with Gasteiger partial charge in [0.15, 0.2) is 0 Å². The van der Waals surface area contributed by atoms with Crippen molar-refractivity contribution in [3.05, 3.63) is 48.6 Å². The van der Waals surface area contributed by atoms with Crippen LogP contribution in [0.3, 0.4) is 0 Å². The van der Waals surface area contributed by atoms with Gasteiger partial charge in [-0.05, 0) is 18.4 Å². The molecule has 0 N–H and O–H groups in total. The summed E-state index contributed by atoms with van der Waals surface area (Å²) in [7, 11) is 0. The molecule has 1 aliphatic carbocycles. The molecular formula is C16H21NO. The van der Waals surface area contributed by atoms with Crippen molar-refractivity contribution in [2.45, 2.75) is 44.2 Å². The average Bonchev–Trinajstić information content (AvgIpc) is 2.46. The number of rotatable bonds is 5. The molecular weight excluding hydrogens is 222 g/mol. The first-order valence-electron chi connectivity index (χ1n) is 6.70. The number of carbonyl (C=O) groups excluding carboxylic acids is 1. The molecule has 0 saturated heterocycles. The highest BCUT2D eigenvalue weighted by molar-refractivity contribution is 5.50. The van der Waals surface area contributed by atoms with Gasteiger partial charge in [0, 0.05) is 6.54 Å². The van der Waals surface area contributed by atoms with Crippen molar-refractivity contribution in [3.8, 4) is 0 Å². The van der Waals surface area contributed by atoms with Crippen molar-refractivity contribution in [1.29, 1.82) is 0 Å². The van der Waals surface area contributed by atoms with E-state index in [2.05, 4.69) is 18.7 Å². The van der Waals surface area contributed by atoms with Crippen LogP contribution in [0.25, 0.3) is 0 Å². The molecule has 1 aromatic carbocycles. The quantitative estimate of drug-likeness (QED) is 0.572. The molecule has 0 spiro atoms. The molecule has 1 aliphatic rings. The van der Waals surface area contributed by atoms with Crippen LogP contribution in [0.4, 0.5) is 0 Å². The summed E-state index contributed by atoms with van der Waals surface area (Å²) in [6.45, 7) is 4.64. The van der Waals surface area contributed by atoms with Gasteiger partial charge < -0.3 is 4.90 Å². The van der Waals surface area contributed by atoms with E-state index < -0.39 is 0 Å². The molecule has 0 aliphatic heterocycles. The topological polar surface area (TPSA) is 20.3 Å². The normalized spacial score (nSPS) is 18.0. The Kier molecular flexibility index (Phi) is 4.19. The van der Waals surface area contributed by atoms with Gasteiger partial charge >= 0.3 is 0 Å². The van der Waals surface area contributed by atoms with E-state index in [0.29, 0.717) is 6.54 Å². The van der Waals surface area contributed by atoms with E-state index >= 15 is 0 Å². The van der Waals surface area contributed by atoms with Crippen LogP contribution >= 0.6 is 0 Å². The summed E-state index contributed by atoms with van der Waals surface area (Å²) < 4.78 is 0. The zero-order valence-electron chi connectivity index (χ0n) is 10.8. The first-order valence-corrected chi connectivity index (χ1v) is 6.70. The lowest BCUT2D eigenvalue weighted by Gasteiger charge is -2.42. The van der Waals surface area contributed by atoms with Crippen LogP contribution in [0.2, 0.25) is 0 Å². The van der Waals surface area contributed by atoms with Crippen LogP contribution < -0.4 is 0 Å². The van der Waals surface area contributed by atoms with E-state index in [4.69, 9.17) is 0 Å². The Labute approximate surface area is 109 Å². The third-order valence-electron chi connectivity index (χ3n) is 3.99. The number of nitrogens with zero attached hydrogens (tertiary/aromatic N) is 1. The van der Waals surface area contributed by atoms with Crippen molar-refractivity contribution < 1.29 is 4.79 Å². The maximum absolute atomic E-state index is 11.5. The van der Waals surface area contributed by atoms with Crippen LogP contribution in [0, 0.1) is 0 Å². The lowest BCUT2D eigenvalue weighted by atomic mass is 9.80. The Hall–Kier alpha value is -1.57. The molecule has 0 radical (unpaired) electrons. The molecule has 0 atom stereocenters. The SMILES string of the molecule is C=CC1(N(C=O)Cc2ccccc2)CCCCC1. The van der Waals surface area contributed by atoms with Crippen LogP contribution in [-0.4, -0.2) is 16.8 Å². The second-order valence-corrected chi connectivity index (χ2v) is 5.09. The van der Waals surface area contributed by atoms with E-state index in [1.165, 1.54) is 24.8 Å². The molecule has 2 heteroatoms. The van der Waals surface area contributed by atoms with Crippen LogP contribution in [-0.2, 0) is 11.3 Å². The van der Waals surface area contributed by atoms with Crippen molar-refractivity contribution in [1.82, 2.24) is 4.90 Å². The van der Waals surface area contributed by atoms with Crippen molar-refractivity contribution in [2.24, 2.45) is 0 Å². The van der Waals surface area contributed by atoms with Crippen LogP contribution in [0.5, 0.6) is 0 Å². The summed E-state index contributed by atoms with van der Waals surface area (Å²) in [5.41, 5.74) is 1.05. The molecule has 0 aromatic heterocycles. The molecule has 0 bridgehead atoms. The summed E-state index contributed by atoms with van der Waals surface area (Å²) in [4.78, 5) is 13.4. The Morgan fingerprint density at radius 2 is 1.83 bits per heavy atom. The maximum Gasteiger partial charge on any atom is 0.210 e. The number of hydrogen-bond acceptors (Lipinski definition) is 1. The lowest BCUT2D eigenvalue weighted by Crippen LogP contribution is -2.47. The van der Waals surface area contributed by atoms with Gasteiger partial charge in [-0.1, -0.05) is 55.7 Å². The van der Waals surface area contributed by atoms with E-state index in [-0.39, 0.29) is 5.54 Å². The largest absolute Gasteiger partial charge is 0.332 e. The highest BCUT2D eigenvalue weighted by Gasteiger charge is 2.34. The van der Waals surface area contributed by atoms with Gasteiger partial charge in [0.1, 0.15) is 0 Å². The lowest BCUT2D eigenvalue weighted by molar-refractivity contribution is -0.124. The molecule has 2 nitrogen and oxygen atoms in total. The second-order valence-electron chi connectivity index (χ2n) is 5.09. The summed E-state index contributed by atoms with van der Waals surface area (Å²) >= 11 is 0. The van der Waals surface area contributed by atoms with Crippen molar-refractivity contribution in [3.63, 3.8) is 0 Å². The summed E-state index contributed by atoms with van der Waals surface area (Å²) in [6.07, 6.45) is 8.69. The minimum atomic E-state index is -0.129. The molecule has 96 valence electrons. The summed E-state index contributed by atoms with van der Waals surface area (Å²) in [5, 5.41) is 0. The number of carbonyl (C=O) groups is 1. The zero-order chi connectivity index (χ0) is 12.8. The molecule has 18 heavy (non-hydrogen) atoms. The minimum absolute atomic E-state index is 0.129. The molecule has 1 aromatic rings. The van der Waals surface area contributed by atoms with Crippen molar-refractivity contribution >= 4 is 6.41 Å². The molecule has 1 fully saturated rings.